The van der Waals surface area contributed by atoms with Crippen molar-refractivity contribution in [1.29, 1.82) is 0 Å². The molecule has 0 amide bonds. The summed E-state index contributed by atoms with van der Waals surface area (Å²) in [6.45, 7) is 7.82. The molecule has 0 saturated carbocycles. The van der Waals surface area contributed by atoms with Crippen molar-refractivity contribution in [3.8, 4) is 0 Å². The van der Waals surface area contributed by atoms with Gasteiger partial charge in [-0.25, -0.2) is 8.42 Å². The minimum atomic E-state index is -3.44. The summed E-state index contributed by atoms with van der Waals surface area (Å²) in [5, 5.41) is 2.43. The minimum absolute atomic E-state index is 0.00256. The number of benzene rings is 4. The summed E-state index contributed by atoms with van der Waals surface area (Å²) in [6.07, 6.45) is 3.19. The van der Waals surface area contributed by atoms with Gasteiger partial charge in [-0.1, -0.05) is 130 Å². The monoisotopic (exact) mass is 698 g/mol. The first-order valence-corrected chi connectivity index (χ1v) is 21.2. The lowest BCUT2D eigenvalue weighted by molar-refractivity contribution is -0.113. The third-order valence-electron chi connectivity index (χ3n) is 10.0. The fraction of sp³-hybridized carbons (Fsp3) is 0.415. The van der Waals surface area contributed by atoms with Crippen molar-refractivity contribution in [2.24, 2.45) is 0 Å². The maximum Gasteiger partial charge on any atom is 0.261 e. The second kappa shape index (κ2) is 15.8. The van der Waals surface area contributed by atoms with Crippen LogP contribution < -0.4 is 10.4 Å². The molecule has 2 aliphatic heterocycles. The molecule has 0 bridgehead atoms. The van der Waals surface area contributed by atoms with E-state index in [1.165, 1.54) is 10.4 Å². The predicted octanol–water partition coefficient (Wildman–Crippen LogP) is 7.11. The molecule has 0 N–H and O–H groups in total. The Bertz CT molecular complexity index is 1660. The molecule has 2 saturated heterocycles. The van der Waals surface area contributed by atoms with Gasteiger partial charge in [-0.3, -0.25) is 0 Å². The summed E-state index contributed by atoms with van der Waals surface area (Å²) in [6, 6.07) is 40.1. The zero-order valence-corrected chi connectivity index (χ0v) is 30.8. The smallest absolute Gasteiger partial charge is 0.261 e. The molecule has 260 valence electrons. The van der Waals surface area contributed by atoms with Crippen LogP contribution in [-0.2, 0) is 35.1 Å². The predicted molar refractivity (Wildman–Crippen MR) is 197 cm³/mol. The van der Waals surface area contributed by atoms with Gasteiger partial charge >= 0.3 is 0 Å². The standard InChI is InChI=1S/C41H50O6SSi/c1-41(2,3)49(35-20-12-6-13-21-35,36-22-14-7-15-23-36)45-31-33-24-25-39(46-33)40-27-26-38(47-40)37(44-30-32-16-8-4-9-17-32)28-29-48(42,43)34-18-10-5-11-19-34/h4-23,33,37-40H,24-31H2,1-3H3/t33-,37-,38-,39-,40-/m0/s1. The molecule has 4 aromatic rings. The molecule has 0 aromatic heterocycles. The Labute approximate surface area is 293 Å². The van der Waals surface area contributed by atoms with Gasteiger partial charge in [0.25, 0.3) is 8.32 Å². The third kappa shape index (κ3) is 8.44. The van der Waals surface area contributed by atoms with Crippen molar-refractivity contribution in [2.75, 3.05) is 12.4 Å². The quantitative estimate of drug-likeness (QED) is 0.131. The van der Waals surface area contributed by atoms with Gasteiger partial charge in [-0.15, -0.1) is 0 Å². The van der Waals surface area contributed by atoms with Gasteiger partial charge < -0.3 is 18.6 Å². The summed E-state index contributed by atoms with van der Waals surface area (Å²) < 4.78 is 53.3. The number of hydrogen-bond acceptors (Lipinski definition) is 6. The van der Waals surface area contributed by atoms with Crippen LogP contribution >= 0.6 is 0 Å². The molecule has 0 aliphatic carbocycles. The van der Waals surface area contributed by atoms with E-state index in [-0.39, 0.29) is 41.3 Å². The van der Waals surface area contributed by atoms with E-state index in [1.807, 2.05) is 36.4 Å². The van der Waals surface area contributed by atoms with Gasteiger partial charge in [0.15, 0.2) is 9.84 Å². The van der Waals surface area contributed by atoms with Gasteiger partial charge in [0.2, 0.25) is 0 Å². The highest BCUT2D eigenvalue weighted by molar-refractivity contribution is 7.91. The van der Waals surface area contributed by atoms with Crippen molar-refractivity contribution in [2.45, 2.75) is 99.9 Å². The average Bonchev–Trinajstić information content (AvgIpc) is 3.80. The van der Waals surface area contributed by atoms with Crippen LogP contribution in [0.1, 0.15) is 58.4 Å². The lowest BCUT2D eigenvalue weighted by Gasteiger charge is -2.43. The Morgan fingerprint density at radius 3 is 1.84 bits per heavy atom. The van der Waals surface area contributed by atoms with Gasteiger partial charge in [-0.05, 0) is 65.2 Å². The van der Waals surface area contributed by atoms with Gasteiger partial charge in [0.1, 0.15) is 0 Å². The minimum Gasteiger partial charge on any atom is -0.405 e. The van der Waals surface area contributed by atoms with Crippen LogP contribution in [0.15, 0.2) is 126 Å². The van der Waals surface area contributed by atoms with Gasteiger partial charge in [0.05, 0.1) is 54.4 Å². The van der Waals surface area contributed by atoms with Crippen molar-refractivity contribution < 1.29 is 27.1 Å². The van der Waals surface area contributed by atoms with Crippen LogP contribution in [-0.4, -0.2) is 59.6 Å². The molecule has 2 heterocycles. The molecular formula is C41H50O6SSi. The van der Waals surface area contributed by atoms with Crippen LogP contribution in [0.2, 0.25) is 5.04 Å². The number of rotatable bonds is 14. The molecule has 49 heavy (non-hydrogen) atoms. The maximum absolute atomic E-state index is 13.2. The summed E-state index contributed by atoms with van der Waals surface area (Å²) in [5.74, 6) is 0.00256. The molecule has 2 aliphatic rings. The van der Waals surface area contributed by atoms with E-state index in [2.05, 4.69) is 81.4 Å². The van der Waals surface area contributed by atoms with Crippen LogP contribution in [0.4, 0.5) is 0 Å². The number of hydrogen-bond donors (Lipinski definition) is 0. The normalized spacial score (nSPS) is 22.3. The summed E-state index contributed by atoms with van der Waals surface area (Å²) in [7, 11) is -6.10. The van der Waals surface area contributed by atoms with E-state index in [1.54, 1.807) is 24.3 Å². The Kier molecular flexibility index (Phi) is 11.5. The molecule has 4 aromatic carbocycles. The summed E-state index contributed by atoms with van der Waals surface area (Å²) in [5.41, 5.74) is 1.05. The van der Waals surface area contributed by atoms with Gasteiger partial charge in [0, 0.05) is 0 Å². The highest BCUT2D eigenvalue weighted by atomic mass is 32.2. The van der Waals surface area contributed by atoms with Crippen molar-refractivity contribution >= 4 is 28.5 Å². The van der Waals surface area contributed by atoms with Crippen LogP contribution in [0.25, 0.3) is 0 Å². The summed E-state index contributed by atoms with van der Waals surface area (Å²) >= 11 is 0. The first-order valence-electron chi connectivity index (χ1n) is 17.6. The zero-order valence-electron chi connectivity index (χ0n) is 28.9. The van der Waals surface area contributed by atoms with Crippen molar-refractivity contribution in [1.82, 2.24) is 0 Å². The highest BCUT2D eigenvalue weighted by Crippen LogP contribution is 2.39. The van der Waals surface area contributed by atoms with E-state index in [0.29, 0.717) is 24.5 Å². The van der Waals surface area contributed by atoms with Crippen molar-refractivity contribution in [3.05, 3.63) is 127 Å². The molecule has 6 nitrogen and oxygen atoms in total. The molecule has 8 heteroatoms. The van der Waals surface area contributed by atoms with E-state index < -0.39 is 18.2 Å². The van der Waals surface area contributed by atoms with Crippen LogP contribution in [0, 0.1) is 0 Å². The SMILES string of the molecule is CC(C)(C)[Si](OC[C@@H]1CC[C@@H]([C@@H]2CC[C@@H]([C@H](CCS(=O)(=O)c3ccccc3)OCc3ccccc3)O2)O1)(c1ccccc1)c1ccccc1. The Morgan fingerprint density at radius 1 is 0.714 bits per heavy atom. The Morgan fingerprint density at radius 2 is 1.24 bits per heavy atom. The molecule has 0 spiro atoms. The topological polar surface area (TPSA) is 71.1 Å². The molecule has 5 atom stereocenters. The molecule has 0 radical (unpaired) electrons. The first kappa shape index (κ1) is 35.7. The van der Waals surface area contributed by atoms with Gasteiger partial charge in [-0.2, -0.15) is 0 Å². The zero-order chi connectivity index (χ0) is 34.3. The van der Waals surface area contributed by atoms with E-state index in [4.69, 9.17) is 18.6 Å². The van der Waals surface area contributed by atoms with Crippen LogP contribution in [0.5, 0.6) is 0 Å². The highest BCUT2D eigenvalue weighted by Gasteiger charge is 2.51. The van der Waals surface area contributed by atoms with E-state index in [0.717, 1.165) is 31.2 Å². The number of sulfone groups is 1. The second-order valence-electron chi connectivity index (χ2n) is 14.4. The molecule has 0 unspecified atom stereocenters. The fourth-order valence-electron chi connectivity index (χ4n) is 7.52. The second-order valence-corrected chi connectivity index (χ2v) is 20.8. The van der Waals surface area contributed by atoms with Crippen molar-refractivity contribution in [3.63, 3.8) is 0 Å². The van der Waals surface area contributed by atoms with E-state index >= 15 is 0 Å². The number of ether oxygens (including phenoxy) is 3. The first-order chi connectivity index (χ1) is 23.7. The van der Waals surface area contributed by atoms with Crippen LogP contribution in [0.3, 0.4) is 0 Å². The molecule has 2 fully saturated rings. The largest absolute Gasteiger partial charge is 0.405 e. The Balaban J connectivity index is 1.11. The fourth-order valence-corrected chi connectivity index (χ4v) is 13.5. The Hall–Kier alpha value is -3.11. The average molecular weight is 699 g/mol. The maximum atomic E-state index is 13.2. The third-order valence-corrected chi connectivity index (χ3v) is 16.8. The summed E-state index contributed by atoms with van der Waals surface area (Å²) in [4.78, 5) is 0.340. The van der Waals surface area contributed by atoms with E-state index in [9.17, 15) is 8.42 Å². The lowest BCUT2D eigenvalue weighted by Crippen LogP contribution is -2.67. The molecule has 6 rings (SSSR count). The molecular weight excluding hydrogens is 649 g/mol. The lowest BCUT2D eigenvalue weighted by atomic mass is 10.0.